The van der Waals surface area contributed by atoms with Gasteiger partial charge in [-0.05, 0) is 37.0 Å². The van der Waals surface area contributed by atoms with E-state index >= 15 is 0 Å². The van der Waals surface area contributed by atoms with Gasteiger partial charge in [0.15, 0.2) is 0 Å². The second-order valence-electron chi connectivity index (χ2n) is 8.23. The van der Waals surface area contributed by atoms with E-state index in [0.717, 1.165) is 63.6 Å². The van der Waals surface area contributed by atoms with Crippen molar-refractivity contribution >= 4 is 38.3 Å². The number of hydrogen-bond acceptors (Lipinski definition) is 6. The highest BCUT2D eigenvalue weighted by Gasteiger charge is 2.26. The molecule has 8 heteroatoms. The van der Waals surface area contributed by atoms with Gasteiger partial charge < -0.3 is 14.4 Å². The van der Waals surface area contributed by atoms with Gasteiger partial charge in [0.25, 0.3) is 0 Å². The molecule has 2 aromatic carbocycles. The summed E-state index contributed by atoms with van der Waals surface area (Å²) in [6.07, 6.45) is 8.17. The summed E-state index contributed by atoms with van der Waals surface area (Å²) in [5.74, 6) is 2.23. The molecule has 7 nitrogen and oxygen atoms in total. The van der Waals surface area contributed by atoms with Crippen LogP contribution in [0.2, 0.25) is 0 Å². The standard InChI is InChI=1S/C25H26BrN5O2/c1-32-21-9-20(10-22(12-21)33-2)31(15-17-3-4-17)19-5-6-23-24(11-19)29-25(14-27-23)18-13-28-30(16-18)8-7-26/h5-6,9-14,16-17H,3-4,7-8,15H2,1-2H3. The molecule has 0 unspecified atom stereocenters. The van der Waals surface area contributed by atoms with Gasteiger partial charge in [-0.2, -0.15) is 5.10 Å². The van der Waals surface area contributed by atoms with Crippen LogP contribution in [0.15, 0.2) is 55.0 Å². The maximum Gasteiger partial charge on any atom is 0.124 e. The van der Waals surface area contributed by atoms with Crippen molar-refractivity contribution in [2.75, 3.05) is 31.0 Å². The van der Waals surface area contributed by atoms with Gasteiger partial charge in [-0.1, -0.05) is 15.9 Å². The van der Waals surface area contributed by atoms with Crippen LogP contribution in [-0.4, -0.2) is 45.8 Å². The molecule has 0 aliphatic heterocycles. The van der Waals surface area contributed by atoms with Crippen LogP contribution in [0.4, 0.5) is 11.4 Å². The number of anilines is 2. The molecule has 0 saturated heterocycles. The third-order valence-electron chi connectivity index (χ3n) is 5.87. The van der Waals surface area contributed by atoms with E-state index < -0.39 is 0 Å². The van der Waals surface area contributed by atoms with Crippen molar-refractivity contribution < 1.29 is 9.47 Å². The number of halogens is 1. The molecule has 4 aromatic rings. The van der Waals surface area contributed by atoms with E-state index in [-0.39, 0.29) is 0 Å². The number of aromatic nitrogens is 4. The smallest absolute Gasteiger partial charge is 0.124 e. The Balaban J connectivity index is 1.54. The minimum Gasteiger partial charge on any atom is -0.497 e. The molecule has 0 N–H and O–H groups in total. The Morgan fingerprint density at radius 1 is 1.00 bits per heavy atom. The Hall–Kier alpha value is -3.13. The fourth-order valence-electron chi connectivity index (χ4n) is 3.88. The van der Waals surface area contributed by atoms with Crippen LogP contribution >= 0.6 is 15.9 Å². The molecule has 1 aliphatic rings. The maximum absolute atomic E-state index is 5.52. The number of alkyl halides is 1. The molecule has 0 radical (unpaired) electrons. The Morgan fingerprint density at radius 3 is 2.48 bits per heavy atom. The molecular formula is C25H26BrN5O2. The predicted molar refractivity (Wildman–Crippen MR) is 134 cm³/mol. The van der Waals surface area contributed by atoms with E-state index in [1.54, 1.807) is 14.2 Å². The number of methoxy groups -OCH3 is 2. The van der Waals surface area contributed by atoms with E-state index in [4.69, 9.17) is 14.5 Å². The highest BCUT2D eigenvalue weighted by Crippen LogP contribution is 2.38. The summed E-state index contributed by atoms with van der Waals surface area (Å²) in [7, 11) is 3.36. The number of aryl methyl sites for hydroxylation is 1. The second-order valence-corrected chi connectivity index (χ2v) is 9.03. The average molecular weight is 508 g/mol. The van der Waals surface area contributed by atoms with E-state index in [0.29, 0.717) is 5.92 Å². The Labute approximate surface area is 201 Å². The Bertz CT molecular complexity index is 1250. The zero-order valence-corrected chi connectivity index (χ0v) is 20.3. The number of rotatable bonds is 9. The molecule has 1 aliphatic carbocycles. The monoisotopic (exact) mass is 507 g/mol. The van der Waals surface area contributed by atoms with Gasteiger partial charge in [0, 0.05) is 53.2 Å². The molecule has 2 aromatic heterocycles. The molecule has 0 spiro atoms. The van der Waals surface area contributed by atoms with Gasteiger partial charge >= 0.3 is 0 Å². The van der Waals surface area contributed by atoms with Crippen LogP contribution in [0, 0.1) is 5.92 Å². The van der Waals surface area contributed by atoms with Crippen LogP contribution in [0.3, 0.4) is 0 Å². The van der Waals surface area contributed by atoms with Crippen molar-refractivity contribution in [3.8, 4) is 22.8 Å². The molecule has 2 heterocycles. The van der Waals surface area contributed by atoms with Crippen molar-refractivity contribution in [2.24, 2.45) is 5.92 Å². The lowest BCUT2D eigenvalue weighted by Crippen LogP contribution is -2.20. The molecule has 0 bridgehead atoms. The van der Waals surface area contributed by atoms with Crippen LogP contribution in [0.25, 0.3) is 22.3 Å². The highest BCUT2D eigenvalue weighted by atomic mass is 79.9. The minimum atomic E-state index is 0.690. The zero-order valence-electron chi connectivity index (χ0n) is 18.7. The molecule has 5 rings (SSSR count). The number of fused-ring (bicyclic) bond motifs is 1. The predicted octanol–water partition coefficient (Wildman–Crippen LogP) is 5.45. The molecule has 1 fully saturated rings. The zero-order chi connectivity index (χ0) is 22.8. The molecule has 33 heavy (non-hydrogen) atoms. The van der Waals surface area contributed by atoms with Gasteiger partial charge in [-0.3, -0.25) is 9.67 Å². The number of nitrogens with zero attached hydrogens (tertiary/aromatic N) is 5. The van der Waals surface area contributed by atoms with E-state index in [2.05, 4.69) is 55.2 Å². The first kappa shape index (κ1) is 21.7. The quantitative estimate of drug-likeness (QED) is 0.280. The van der Waals surface area contributed by atoms with Crippen molar-refractivity contribution in [3.05, 3.63) is 55.0 Å². The summed E-state index contributed by atoms with van der Waals surface area (Å²) in [5, 5.41) is 5.26. The summed E-state index contributed by atoms with van der Waals surface area (Å²) in [5.41, 5.74) is 5.61. The maximum atomic E-state index is 5.52. The van der Waals surface area contributed by atoms with Crippen molar-refractivity contribution in [3.63, 3.8) is 0 Å². The van der Waals surface area contributed by atoms with Gasteiger partial charge in [0.2, 0.25) is 0 Å². The average Bonchev–Trinajstić information content (AvgIpc) is 3.56. The van der Waals surface area contributed by atoms with Crippen LogP contribution in [0.5, 0.6) is 11.5 Å². The third kappa shape index (κ3) is 4.80. The molecular weight excluding hydrogens is 482 g/mol. The minimum absolute atomic E-state index is 0.690. The SMILES string of the molecule is COc1cc(OC)cc(N(CC2CC2)c2ccc3ncc(-c4cnn(CCBr)c4)nc3c2)c1. The summed E-state index contributed by atoms with van der Waals surface area (Å²) in [6, 6.07) is 12.3. The van der Waals surface area contributed by atoms with E-state index in [9.17, 15) is 0 Å². The van der Waals surface area contributed by atoms with E-state index in [1.165, 1.54) is 12.8 Å². The third-order valence-corrected chi connectivity index (χ3v) is 6.22. The first-order valence-electron chi connectivity index (χ1n) is 11.0. The van der Waals surface area contributed by atoms with Crippen LogP contribution in [-0.2, 0) is 6.54 Å². The summed E-state index contributed by atoms with van der Waals surface area (Å²) >= 11 is 3.45. The Kier molecular flexibility index (Phi) is 6.17. The molecule has 170 valence electrons. The van der Waals surface area contributed by atoms with Gasteiger partial charge in [0.1, 0.15) is 11.5 Å². The summed E-state index contributed by atoms with van der Waals surface area (Å²) in [6.45, 7) is 1.75. The summed E-state index contributed by atoms with van der Waals surface area (Å²) < 4.78 is 12.9. The lowest BCUT2D eigenvalue weighted by atomic mass is 10.1. The first-order valence-corrected chi connectivity index (χ1v) is 12.1. The van der Waals surface area contributed by atoms with Crippen molar-refractivity contribution in [1.82, 2.24) is 19.7 Å². The van der Waals surface area contributed by atoms with Gasteiger partial charge in [-0.25, -0.2) is 4.98 Å². The van der Waals surface area contributed by atoms with Gasteiger partial charge in [-0.15, -0.1) is 0 Å². The molecule has 0 atom stereocenters. The largest absolute Gasteiger partial charge is 0.497 e. The van der Waals surface area contributed by atoms with E-state index in [1.807, 2.05) is 35.4 Å². The second kappa shape index (κ2) is 9.39. The number of benzene rings is 2. The first-order chi connectivity index (χ1) is 16.2. The van der Waals surface area contributed by atoms with Crippen LogP contribution in [0.1, 0.15) is 12.8 Å². The lowest BCUT2D eigenvalue weighted by Gasteiger charge is -2.26. The normalized spacial score (nSPS) is 13.3. The fraction of sp³-hybridized carbons (Fsp3) is 0.320. The molecule has 1 saturated carbocycles. The summed E-state index contributed by atoms with van der Waals surface area (Å²) in [4.78, 5) is 11.9. The van der Waals surface area contributed by atoms with Crippen LogP contribution < -0.4 is 14.4 Å². The topological polar surface area (TPSA) is 65.3 Å². The lowest BCUT2D eigenvalue weighted by molar-refractivity contribution is 0.394. The van der Waals surface area contributed by atoms with Gasteiger partial charge in [0.05, 0.1) is 49.9 Å². The molecule has 0 amide bonds. The fourth-order valence-corrected chi connectivity index (χ4v) is 4.24. The van der Waals surface area contributed by atoms with Crippen molar-refractivity contribution in [2.45, 2.75) is 19.4 Å². The number of hydrogen-bond donors (Lipinski definition) is 0. The Morgan fingerprint density at radius 2 is 1.79 bits per heavy atom. The van der Waals surface area contributed by atoms with Crippen molar-refractivity contribution in [1.29, 1.82) is 0 Å². The number of ether oxygens (including phenoxy) is 2. The highest BCUT2D eigenvalue weighted by molar-refractivity contribution is 9.09.